The van der Waals surface area contributed by atoms with Crippen LogP contribution in [0.4, 0.5) is 23.2 Å². The van der Waals surface area contributed by atoms with Crippen LogP contribution in [0.2, 0.25) is 0 Å². The minimum Gasteiger partial charge on any atom is -0.494 e. The lowest BCUT2D eigenvalue weighted by atomic mass is 9.84. The number of ketones is 1. The zero-order valence-corrected chi connectivity index (χ0v) is 27.6. The number of fused-ring (bicyclic) bond motifs is 1. The Morgan fingerprint density at radius 3 is 2.19 bits per heavy atom. The molecule has 2 aliphatic heterocycles. The Morgan fingerprint density at radius 1 is 0.957 bits per heavy atom. The standard InChI is InChI=1S/C33H41F4N3O7/c1-8-44-23-13-19-14-40(30(38)26(19)27(34)29(23)46-10-3)15-22(41)18-11-20(32(4,5)6)28(43-7)21(12-18)39-16-24(45-9-2)25(17-39)47-31(42)33(35,36)37/h11-13,24-25,38H,8-10,14-17H2,1-7H3. The van der Waals surface area contributed by atoms with Crippen LogP contribution in [0.5, 0.6) is 17.2 Å². The molecule has 2 aromatic rings. The monoisotopic (exact) mass is 667 g/mol. The van der Waals surface area contributed by atoms with Gasteiger partial charge in [-0.3, -0.25) is 10.2 Å². The topological polar surface area (TPSA) is 111 Å². The Hall–Kier alpha value is -4.07. The van der Waals surface area contributed by atoms with E-state index in [9.17, 15) is 22.8 Å². The molecule has 2 aliphatic rings. The molecule has 0 saturated carbocycles. The van der Waals surface area contributed by atoms with Crippen molar-refractivity contribution in [2.24, 2.45) is 0 Å². The van der Waals surface area contributed by atoms with Gasteiger partial charge in [0.05, 0.1) is 44.7 Å². The molecule has 4 rings (SSSR count). The number of esters is 1. The number of alkyl halides is 3. The number of methoxy groups -OCH3 is 1. The average Bonchev–Trinajstić information content (AvgIpc) is 3.53. The van der Waals surface area contributed by atoms with Crippen molar-refractivity contribution in [1.82, 2.24) is 4.90 Å². The Kier molecular flexibility index (Phi) is 10.6. The van der Waals surface area contributed by atoms with E-state index in [1.165, 1.54) is 12.0 Å². The highest BCUT2D eigenvalue weighted by Crippen LogP contribution is 2.43. The maximum Gasteiger partial charge on any atom is 0.490 e. The first-order valence-electron chi connectivity index (χ1n) is 15.4. The van der Waals surface area contributed by atoms with Crippen molar-refractivity contribution < 1.29 is 50.8 Å². The molecule has 0 aromatic heterocycles. The molecule has 0 radical (unpaired) electrons. The molecule has 1 N–H and O–H groups in total. The molecule has 2 unspecified atom stereocenters. The van der Waals surface area contributed by atoms with E-state index in [0.29, 0.717) is 22.6 Å². The van der Waals surface area contributed by atoms with E-state index in [0.717, 1.165) is 0 Å². The second-order valence-electron chi connectivity index (χ2n) is 12.2. The summed E-state index contributed by atoms with van der Waals surface area (Å²) in [7, 11) is 1.46. The summed E-state index contributed by atoms with van der Waals surface area (Å²) in [6.07, 6.45) is -7.27. The summed E-state index contributed by atoms with van der Waals surface area (Å²) in [4.78, 5) is 28.7. The average molecular weight is 668 g/mol. The number of ether oxygens (including phenoxy) is 5. The number of hydrogen-bond acceptors (Lipinski definition) is 9. The number of anilines is 1. The predicted octanol–water partition coefficient (Wildman–Crippen LogP) is 5.65. The SMILES string of the molecule is CCOc1cc2c(c(F)c1OCC)C(=N)N(CC(=O)c1cc(N3CC(OCC)C(OC(=O)C(F)(F)F)C3)c(OC)c(C(C)(C)C)c1)C2. The molecular formula is C33H41F4N3O7. The van der Waals surface area contributed by atoms with Gasteiger partial charge in [0.2, 0.25) is 0 Å². The van der Waals surface area contributed by atoms with Gasteiger partial charge in [0.1, 0.15) is 23.8 Å². The zero-order chi connectivity index (χ0) is 34.8. The first kappa shape index (κ1) is 35.8. The lowest BCUT2D eigenvalue weighted by Crippen LogP contribution is -2.37. The number of Topliss-reactive ketones (excluding diaryl/α,β-unsaturated/α-hetero) is 1. The number of amidine groups is 1. The molecular weight excluding hydrogens is 626 g/mol. The maximum atomic E-state index is 15.6. The number of nitrogens with one attached hydrogen (secondary N) is 1. The van der Waals surface area contributed by atoms with E-state index < -0.39 is 35.6 Å². The number of hydrogen-bond donors (Lipinski definition) is 1. The van der Waals surface area contributed by atoms with E-state index in [2.05, 4.69) is 0 Å². The quantitative estimate of drug-likeness (QED) is 0.174. The lowest BCUT2D eigenvalue weighted by molar-refractivity contribution is -0.208. The van der Waals surface area contributed by atoms with Crippen LogP contribution in [0.25, 0.3) is 0 Å². The van der Waals surface area contributed by atoms with Gasteiger partial charge in [-0.15, -0.1) is 0 Å². The van der Waals surface area contributed by atoms with E-state index in [1.807, 2.05) is 20.8 Å². The van der Waals surface area contributed by atoms with Gasteiger partial charge in [-0.2, -0.15) is 13.2 Å². The number of halogens is 4. The minimum atomic E-state index is -5.17. The Bertz CT molecular complexity index is 1520. The first-order chi connectivity index (χ1) is 22.0. The van der Waals surface area contributed by atoms with Gasteiger partial charge >= 0.3 is 12.1 Å². The van der Waals surface area contributed by atoms with Gasteiger partial charge in [-0.25, -0.2) is 9.18 Å². The van der Waals surface area contributed by atoms with Crippen molar-refractivity contribution in [1.29, 1.82) is 5.41 Å². The number of carbonyl (C=O) groups is 2. The summed E-state index contributed by atoms with van der Waals surface area (Å²) < 4.78 is 82.1. The molecule has 0 aliphatic carbocycles. The summed E-state index contributed by atoms with van der Waals surface area (Å²) in [5.74, 6) is -3.06. The Morgan fingerprint density at radius 2 is 1.62 bits per heavy atom. The fourth-order valence-corrected chi connectivity index (χ4v) is 5.84. The smallest absolute Gasteiger partial charge is 0.490 e. The van der Waals surface area contributed by atoms with Gasteiger partial charge < -0.3 is 33.5 Å². The molecule has 1 fully saturated rings. The minimum absolute atomic E-state index is 0.0361. The zero-order valence-electron chi connectivity index (χ0n) is 27.6. The lowest BCUT2D eigenvalue weighted by Gasteiger charge is -2.29. The summed E-state index contributed by atoms with van der Waals surface area (Å²) in [6.45, 7) is 11.3. The summed E-state index contributed by atoms with van der Waals surface area (Å²) >= 11 is 0. The van der Waals surface area contributed by atoms with Crippen molar-refractivity contribution in [3.8, 4) is 17.2 Å². The van der Waals surface area contributed by atoms with Crippen LogP contribution in [0.3, 0.4) is 0 Å². The molecule has 47 heavy (non-hydrogen) atoms. The summed E-state index contributed by atoms with van der Waals surface area (Å²) in [5, 5.41) is 8.73. The van der Waals surface area contributed by atoms with Crippen LogP contribution in [-0.2, 0) is 26.2 Å². The Labute approximate surface area is 271 Å². The highest BCUT2D eigenvalue weighted by molar-refractivity contribution is 6.06. The highest BCUT2D eigenvalue weighted by Gasteiger charge is 2.46. The number of benzene rings is 2. The van der Waals surface area contributed by atoms with Gasteiger partial charge in [0, 0.05) is 30.8 Å². The summed E-state index contributed by atoms with van der Waals surface area (Å²) in [5.41, 5.74) is 1.29. The summed E-state index contributed by atoms with van der Waals surface area (Å²) in [6, 6.07) is 4.89. The number of carbonyl (C=O) groups excluding carboxylic acids is 2. The first-order valence-corrected chi connectivity index (χ1v) is 15.4. The second-order valence-corrected chi connectivity index (χ2v) is 12.2. The van der Waals surface area contributed by atoms with E-state index >= 15 is 4.39 Å². The van der Waals surface area contributed by atoms with E-state index in [-0.39, 0.29) is 80.2 Å². The third-order valence-electron chi connectivity index (χ3n) is 7.94. The molecule has 0 bridgehead atoms. The number of rotatable bonds is 12. The molecule has 0 spiro atoms. The third kappa shape index (κ3) is 7.42. The van der Waals surface area contributed by atoms with Crippen LogP contribution in [0.15, 0.2) is 18.2 Å². The molecule has 1 saturated heterocycles. The largest absolute Gasteiger partial charge is 0.494 e. The Balaban J connectivity index is 1.68. The highest BCUT2D eigenvalue weighted by atomic mass is 19.4. The van der Waals surface area contributed by atoms with Crippen LogP contribution < -0.4 is 19.1 Å². The fourth-order valence-electron chi connectivity index (χ4n) is 5.84. The molecule has 2 heterocycles. The van der Waals surface area contributed by atoms with Crippen LogP contribution >= 0.6 is 0 Å². The van der Waals surface area contributed by atoms with Crippen molar-refractivity contribution in [2.75, 3.05) is 51.5 Å². The molecule has 10 nitrogen and oxygen atoms in total. The molecule has 14 heteroatoms. The van der Waals surface area contributed by atoms with Gasteiger partial charge in [-0.05, 0) is 49.9 Å². The van der Waals surface area contributed by atoms with Crippen molar-refractivity contribution in [3.05, 3.63) is 46.3 Å². The van der Waals surface area contributed by atoms with Crippen molar-refractivity contribution in [2.45, 2.75) is 71.9 Å². The fraction of sp³-hybridized carbons (Fsp3) is 0.545. The van der Waals surface area contributed by atoms with Crippen LogP contribution in [-0.4, -0.2) is 87.4 Å². The van der Waals surface area contributed by atoms with Gasteiger partial charge in [-0.1, -0.05) is 20.8 Å². The van der Waals surface area contributed by atoms with E-state index in [1.54, 1.807) is 43.9 Å². The van der Waals surface area contributed by atoms with Crippen LogP contribution in [0, 0.1) is 11.2 Å². The molecule has 2 aromatic carbocycles. The second kappa shape index (κ2) is 14.0. The maximum absolute atomic E-state index is 15.6. The van der Waals surface area contributed by atoms with Crippen molar-refractivity contribution >= 4 is 23.3 Å². The normalized spacial score (nSPS) is 18.0. The number of nitrogens with zero attached hydrogens (tertiary/aromatic N) is 2. The van der Waals surface area contributed by atoms with Crippen LogP contribution in [0.1, 0.15) is 68.6 Å². The molecule has 258 valence electrons. The predicted molar refractivity (Wildman–Crippen MR) is 166 cm³/mol. The van der Waals surface area contributed by atoms with Gasteiger partial charge in [0.15, 0.2) is 23.1 Å². The van der Waals surface area contributed by atoms with E-state index in [4.69, 9.17) is 29.1 Å². The van der Waals surface area contributed by atoms with Gasteiger partial charge in [0.25, 0.3) is 0 Å². The molecule has 0 amide bonds. The molecule has 2 atom stereocenters. The third-order valence-corrected chi connectivity index (χ3v) is 7.94. The van der Waals surface area contributed by atoms with Crippen molar-refractivity contribution in [3.63, 3.8) is 0 Å².